The summed E-state index contributed by atoms with van der Waals surface area (Å²) in [6.45, 7) is -1.00. The van der Waals surface area contributed by atoms with Crippen molar-refractivity contribution in [2.45, 2.75) is 24.6 Å². The fourth-order valence-corrected chi connectivity index (χ4v) is 3.98. The molecule has 2 saturated heterocycles. The average Bonchev–Trinajstić information content (AvgIpc) is 2.83. The van der Waals surface area contributed by atoms with E-state index in [1.54, 1.807) is 11.8 Å². The minimum Gasteiger partial charge on any atom is -0.380 e. The molecule has 2 atom stereocenters. The quantitative estimate of drug-likeness (QED) is 0.768. The fourth-order valence-electron chi connectivity index (χ4n) is 2.81. The van der Waals surface area contributed by atoms with Gasteiger partial charge in [-0.15, -0.1) is 0 Å². The zero-order valence-electron chi connectivity index (χ0n) is 11.2. The summed E-state index contributed by atoms with van der Waals surface area (Å²) in [5.74, 6) is -4.04. The van der Waals surface area contributed by atoms with E-state index in [1.807, 2.05) is 0 Å². The first-order valence-electron chi connectivity index (χ1n) is 6.61. The molecular weight excluding hydrogens is 309 g/mol. The fraction of sp³-hybridized carbons (Fsp3) is 0.833. The second kappa shape index (κ2) is 5.68. The van der Waals surface area contributed by atoms with Gasteiger partial charge in [0.25, 0.3) is 5.91 Å². The molecule has 0 spiro atoms. The van der Waals surface area contributed by atoms with Crippen LogP contribution < -0.4 is 5.73 Å². The molecule has 0 aromatic carbocycles. The van der Waals surface area contributed by atoms with Crippen molar-refractivity contribution < 1.29 is 27.9 Å². The molecule has 0 bridgehead atoms. The number of primary amides is 1. The van der Waals surface area contributed by atoms with Crippen molar-refractivity contribution in [2.24, 2.45) is 17.6 Å². The van der Waals surface area contributed by atoms with E-state index in [0.717, 1.165) is 4.90 Å². The van der Waals surface area contributed by atoms with Crippen LogP contribution in [-0.2, 0) is 9.59 Å². The number of alkyl halides is 3. The Morgan fingerprint density at radius 2 is 1.81 bits per heavy atom. The van der Waals surface area contributed by atoms with Crippen LogP contribution in [0.2, 0.25) is 0 Å². The summed E-state index contributed by atoms with van der Waals surface area (Å²) in [5, 5.41) is 10.3. The summed E-state index contributed by atoms with van der Waals surface area (Å²) in [6, 6.07) is 0. The lowest BCUT2D eigenvalue weighted by molar-refractivity contribution is -0.183. The maximum absolute atomic E-state index is 12.9. The summed E-state index contributed by atoms with van der Waals surface area (Å²) < 4.78 is 38.8. The minimum absolute atomic E-state index is 0.213. The van der Waals surface area contributed by atoms with E-state index < -0.39 is 42.0 Å². The molecule has 5 nitrogen and oxygen atoms in total. The highest BCUT2D eigenvalue weighted by Crippen LogP contribution is 2.39. The van der Waals surface area contributed by atoms with Gasteiger partial charge >= 0.3 is 6.18 Å². The average molecular weight is 326 g/mol. The van der Waals surface area contributed by atoms with Gasteiger partial charge in [-0.25, -0.2) is 0 Å². The van der Waals surface area contributed by atoms with Gasteiger partial charge in [-0.2, -0.15) is 24.9 Å². The number of aliphatic hydroxyl groups is 1. The molecule has 0 aliphatic carbocycles. The first-order valence-corrected chi connectivity index (χ1v) is 7.76. The van der Waals surface area contributed by atoms with Crippen molar-refractivity contribution in [1.82, 2.24) is 4.90 Å². The zero-order valence-corrected chi connectivity index (χ0v) is 12.0. The van der Waals surface area contributed by atoms with Crippen LogP contribution in [-0.4, -0.2) is 58.2 Å². The minimum atomic E-state index is -4.60. The number of hydrogen-bond acceptors (Lipinski definition) is 4. The van der Waals surface area contributed by atoms with Crippen molar-refractivity contribution in [3.63, 3.8) is 0 Å². The van der Waals surface area contributed by atoms with Gasteiger partial charge in [-0.1, -0.05) is 0 Å². The smallest absolute Gasteiger partial charge is 0.380 e. The topological polar surface area (TPSA) is 83.6 Å². The SMILES string of the molecule is NC(=O)[C@@H]1CN(C(=O)C2(O)CCSCC2)C[C@H]1C(F)(F)F. The molecular formula is C12H17F3N2O3S. The maximum Gasteiger partial charge on any atom is 0.394 e. The Bertz CT molecular complexity index is 438. The molecule has 2 rings (SSSR count). The number of carbonyl (C=O) groups excluding carboxylic acids is 2. The van der Waals surface area contributed by atoms with Crippen LogP contribution >= 0.6 is 11.8 Å². The Kier molecular flexibility index (Phi) is 4.44. The standard InChI is InChI=1S/C12H17F3N2O3S/c13-12(14,15)8-6-17(5-7(8)9(16)18)10(19)11(20)1-3-21-4-2-11/h7-8,20H,1-6H2,(H2,16,18)/t7-,8-/m1/s1. The Balaban J connectivity index is 2.15. The summed E-state index contributed by atoms with van der Waals surface area (Å²) in [7, 11) is 0. The highest BCUT2D eigenvalue weighted by atomic mass is 32.2. The molecule has 0 radical (unpaired) electrons. The van der Waals surface area contributed by atoms with E-state index in [4.69, 9.17) is 5.73 Å². The second-order valence-electron chi connectivity index (χ2n) is 5.51. The van der Waals surface area contributed by atoms with Gasteiger partial charge in [0.1, 0.15) is 5.60 Å². The number of likely N-dealkylation sites (tertiary alicyclic amines) is 1. The molecule has 2 fully saturated rings. The van der Waals surface area contributed by atoms with Crippen LogP contribution in [0.1, 0.15) is 12.8 Å². The van der Waals surface area contributed by atoms with E-state index in [9.17, 15) is 27.9 Å². The summed E-state index contributed by atoms with van der Waals surface area (Å²) >= 11 is 1.58. The van der Waals surface area contributed by atoms with Crippen molar-refractivity contribution >= 4 is 23.6 Å². The molecule has 9 heteroatoms. The number of thioether (sulfide) groups is 1. The predicted molar refractivity (Wildman–Crippen MR) is 70.3 cm³/mol. The van der Waals surface area contributed by atoms with Gasteiger partial charge in [0.2, 0.25) is 5.91 Å². The van der Waals surface area contributed by atoms with Crippen molar-refractivity contribution in [3.8, 4) is 0 Å². The number of nitrogens with zero attached hydrogens (tertiary/aromatic N) is 1. The summed E-state index contributed by atoms with van der Waals surface area (Å²) in [5.41, 5.74) is 3.40. The number of amides is 2. The van der Waals surface area contributed by atoms with Gasteiger partial charge in [-0.3, -0.25) is 9.59 Å². The summed E-state index contributed by atoms with van der Waals surface area (Å²) in [6.07, 6.45) is -4.17. The third-order valence-corrected chi connectivity index (χ3v) is 5.10. The molecule has 2 heterocycles. The molecule has 120 valence electrons. The van der Waals surface area contributed by atoms with Crippen molar-refractivity contribution in [2.75, 3.05) is 24.6 Å². The monoisotopic (exact) mass is 326 g/mol. The summed E-state index contributed by atoms with van der Waals surface area (Å²) in [4.78, 5) is 24.4. The molecule has 0 saturated carbocycles. The number of nitrogens with two attached hydrogens (primary N) is 1. The third kappa shape index (κ3) is 3.28. The van der Waals surface area contributed by atoms with Gasteiger partial charge in [0.15, 0.2) is 0 Å². The first kappa shape index (κ1) is 16.4. The lowest BCUT2D eigenvalue weighted by Gasteiger charge is -2.34. The van der Waals surface area contributed by atoms with Crippen LogP contribution in [0.25, 0.3) is 0 Å². The number of carbonyl (C=O) groups is 2. The molecule has 2 aliphatic heterocycles. The van der Waals surface area contributed by atoms with Gasteiger partial charge in [0.05, 0.1) is 11.8 Å². The van der Waals surface area contributed by atoms with Crippen molar-refractivity contribution in [1.29, 1.82) is 0 Å². The number of hydrogen-bond donors (Lipinski definition) is 2. The maximum atomic E-state index is 12.9. The van der Waals surface area contributed by atoms with E-state index >= 15 is 0 Å². The molecule has 0 aromatic rings. The van der Waals surface area contributed by atoms with E-state index in [1.165, 1.54) is 0 Å². The van der Waals surface area contributed by atoms with Gasteiger partial charge in [0, 0.05) is 13.1 Å². The van der Waals surface area contributed by atoms with Crippen LogP contribution in [0.5, 0.6) is 0 Å². The molecule has 2 aliphatic rings. The van der Waals surface area contributed by atoms with Gasteiger partial charge < -0.3 is 15.7 Å². The molecule has 0 unspecified atom stereocenters. The highest BCUT2D eigenvalue weighted by molar-refractivity contribution is 7.99. The van der Waals surface area contributed by atoms with Crippen LogP contribution in [0.4, 0.5) is 13.2 Å². The Morgan fingerprint density at radius 3 is 2.24 bits per heavy atom. The van der Waals surface area contributed by atoms with E-state index in [0.29, 0.717) is 11.5 Å². The lowest BCUT2D eigenvalue weighted by atomic mass is 9.95. The Hall–Kier alpha value is -0.960. The van der Waals surface area contributed by atoms with Crippen LogP contribution in [0, 0.1) is 11.8 Å². The number of rotatable bonds is 2. The first-order chi connectivity index (χ1) is 9.65. The van der Waals surface area contributed by atoms with Gasteiger partial charge in [-0.05, 0) is 24.3 Å². The molecule has 2 amide bonds. The van der Waals surface area contributed by atoms with Crippen molar-refractivity contribution in [3.05, 3.63) is 0 Å². The molecule has 3 N–H and O–H groups in total. The largest absolute Gasteiger partial charge is 0.394 e. The number of halogens is 3. The van der Waals surface area contributed by atoms with Crippen LogP contribution in [0.3, 0.4) is 0 Å². The van der Waals surface area contributed by atoms with Crippen LogP contribution in [0.15, 0.2) is 0 Å². The Morgan fingerprint density at radius 1 is 1.24 bits per heavy atom. The van der Waals surface area contributed by atoms with E-state index in [-0.39, 0.29) is 19.4 Å². The molecule has 21 heavy (non-hydrogen) atoms. The van der Waals surface area contributed by atoms with E-state index in [2.05, 4.69) is 0 Å². The highest BCUT2D eigenvalue weighted by Gasteiger charge is 2.54. The normalized spacial score (nSPS) is 29.4. The zero-order chi connectivity index (χ0) is 15.8. The lowest BCUT2D eigenvalue weighted by Crippen LogP contribution is -2.50. The Labute approximate surface area is 124 Å². The third-order valence-electron chi connectivity index (χ3n) is 4.11. The second-order valence-corrected chi connectivity index (χ2v) is 6.74. The predicted octanol–water partition coefficient (Wildman–Crippen LogP) is 0.367. The molecule has 0 aromatic heterocycles.